The molecule has 0 atom stereocenters. The van der Waals surface area contributed by atoms with Gasteiger partial charge in [0, 0.05) is 5.69 Å². The second-order valence-electron chi connectivity index (χ2n) is 3.93. The van der Waals surface area contributed by atoms with Crippen molar-refractivity contribution in [2.45, 2.75) is 6.42 Å². The van der Waals surface area contributed by atoms with Crippen LogP contribution in [0.3, 0.4) is 0 Å². The van der Waals surface area contributed by atoms with Gasteiger partial charge in [0.25, 0.3) is 0 Å². The molecule has 1 aliphatic rings. The molecule has 0 saturated carbocycles. The molecule has 0 saturated heterocycles. The molecule has 0 fully saturated rings. The number of anilines is 1. The number of benzene rings is 1. The van der Waals surface area contributed by atoms with Gasteiger partial charge in [-0.05, 0) is 48.5 Å². The molecule has 1 aromatic rings. The largest absolute Gasteiger partial charge is 0.497 e. The van der Waals surface area contributed by atoms with Gasteiger partial charge < -0.3 is 10.1 Å². The van der Waals surface area contributed by atoms with Gasteiger partial charge in [0.2, 0.25) is 0 Å². The predicted molar refractivity (Wildman–Crippen MR) is 82.7 cm³/mol. The van der Waals surface area contributed by atoms with Crippen molar-refractivity contribution in [1.82, 2.24) is 5.43 Å². The van der Waals surface area contributed by atoms with Gasteiger partial charge in [0.15, 0.2) is 5.11 Å². The van der Waals surface area contributed by atoms with Gasteiger partial charge in [-0.15, -0.1) is 0 Å². The summed E-state index contributed by atoms with van der Waals surface area (Å²) < 4.78 is 5.08. The van der Waals surface area contributed by atoms with Crippen LogP contribution in [0.15, 0.2) is 53.2 Å². The van der Waals surface area contributed by atoms with Crippen LogP contribution in [-0.4, -0.2) is 18.4 Å². The number of allylic oxidation sites excluding steroid dienone is 4. The molecule has 4 nitrogen and oxygen atoms in total. The Bertz CT molecular complexity index is 532. The normalized spacial score (nSPS) is 13.4. The summed E-state index contributed by atoms with van der Waals surface area (Å²) >= 11 is 5.14. The van der Waals surface area contributed by atoms with Gasteiger partial charge in [0.05, 0.1) is 13.3 Å². The van der Waals surface area contributed by atoms with Crippen LogP contribution < -0.4 is 15.5 Å². The van der Waals surface area contributed by atoms with Gasteiger partial charge in [-0.25, -0.2) is 0 Å². The molecular weight excluding hydrogens is 258 g/mol. The second kappa shape index (κ2) is 6.70. The Hall–Kier alpha value is -2.14. The SMILES string of the molecule is COc1ccc(NC(=S)N/N=C/C2=CC=CC2)cc1. The van der Waals surface area contributed by atoms with Crippen LogP contribution in [0.1, 0.15) is 6.42 Å². The number of hydrogen-bond donors (Lipinski definition) is 2. The van der Waals surface area contributed by atoms with Gasteiger partial charge in [0.1, 0.15) is 5.75 Å². The lowest BCUT2D eigenvalue weighted by molar-refractivity contribution is 0.415. The number of nitrogens with zero attached hydrogens (tertiary/aromatic N) is 1. The minimum Gasteiger partial charge on any atom is -0.497 e. The van der Waals surface area contributed by atoms with E-state index in [1.54, 1.807) is 13.3 Å². The number of hydrogen-bond acceptors (Lipinski definition) is 3. The molecule has 0 aliphatic heterocycles. The fourth-order valence-electron chi connectivity index (χ4n) is 1.57. The van der Waals surface area contributed by atoms with Gasteiger partial charge >= 0.3 is 0 Å². The average molecular weight is 273 g/mol. The van der Waals surface area contributed by atoms with Crippen LogP contribution in [0.5, 0.6) is 5.75 Å². The van der Waals surface area contributed by atoms with Crippen LogP contribution in [0.2, 0.25) is 0 Å². The molecule has 1 aromatic carbocycles. The van der Waals surface area contributed by atoms with Crippen LogP contribution in [0.4, 0.5) is 5.69 Å². The quantitative estimate of drug-likeness (QED) is 0.503. The molecule has 1 aliphatic carbocycles. The highest BCUT2D eigenvalue weighted by Gasteiger charge is 1.98. The van der Waals surface area contributed by atoms with Crippen molar-refractivity contribution in [3.05, 3.63) is 48.1 Å². The third kappa shape index (κ3) is 4.22. The van der Waals surface area contributed by atoms with Crippen molar-refractivity contribution in [2.75, 3.05) is 12.4 Å². The first-order valence-corrected chi connectivity index (χ1v) is 6.28. The smallest absolute Gasteiger partial charge is 0.191 e. The Morgan fingerprint density at radius 1 is 1.37 bits per heavy atom. The summed E-state index contributed by atoms with van der Waals surface area (Å²) in [6, 6.07) is 7.51. The van der Waals surface area contributed by atoms with E-state index >= 15 is 0 Å². The summed E-state index contributed by atoms with van der Waals surface area (Å²) in [4.78, 5) is 0. The summed E-state index contributed by atoms with van der Waals surface area (Å²) in [7, 11) is 1.63. The number of ether oxygens (including phenoxy) is 1. The number of hydrazone groups is 1. The maximum absolute atomic E-state index is 5.14. The molecular formula is C14H15N3OS. The highest BCUT2D eigenvalue weighted by atomic mass is 32.1. The topological polar surface area (TPSA) is 45.6 Å². The fourth-order valence-corrected chi connectivity index (χ4v) is 1.74. The predicted octanol–water partition coefficient (Wildman–Crippen LogP) is 2.85. The summed E-state index contributed by atoms with van der Waals surface area (Å²) in [5.41, 5.74) is 4.81. The van der Waals surface area contributed by atoms with Crippen LogP contribution in [0, 0.1) is 0 Å². The lowest BCUT2D eigenvalue weighted by atomic mass is 10.3. The molecule has 0 unspecified atom stereocenters. The van der Waals surface area contributed by atoms with Gasteiger partial charge in [-0.1, -0.05) is 18.2 Å². The van der Waals surface area contributed by atoms with Crippen molar-refractivity contribution >= 4 is 29.2 Å². The van der Waals surface area contributed by atoms with Crippen molar-refractivity contribution in [1.29, 1.82) is 0 Å². The summed E-state index contributed by atoms with van der Waals surface area (Å²) in [6.45, 7) is 0. The molecule has 2 rings (SSSR count). The van der Waals surface area contributed by atoms with E-state index in [-0.39, 0.29) is 0 Å². The Balaban J connectivity index is 1.80. The standard InChI is InChI=1S/C14H15N3OS/c1-18-13-8-6-12(7-9-13)16-14(19)17-15-10-11-4-2-3-5-11/h2-4,6-10H,5H2,1H3,(H2,16,17,19)/b15-10+. The Labute approximate surface area is 117 Å². The highest BCUT2D eigenvalue weighted by Crippen LogP contribution is 2.14. The van der Waals surface area contributed by atoms with Crippen molar-refractivity contribution < 1.29 is 4.74 Å². The van der Waals surface area contributed by atoms with E-state index in [1.165, 1.54) is 0 Å². The maximum Gasteiger partial charge on any atom is 0.191 e. The Kier molecular flexibility index (Phi) is 4.69. The van der Waals surface area contributed by atoms with E-state index in [0.29, 0.717) is 5.11 Å². The number of nitrogens with one attached hydrogen (secondary N) is 2. The minimum atomic E-state index is 0.452. The van der Waals surface area contributed by atoms with Gasteiger partial charge in [-0.2, -0.15) is 5.10 Å². The van der Waals surface area contributed by atoms with E-state index in [9.17, 15) is 0 Å². The van der Waals surface area contributed by atoms with Crippen LogP contribution >= 0.6 is 12.2 Å². The third-order valence-electron chi connectivity index (χ3n) is 2.54. The lowest BCUT2D eigenvalue weighted by Crippen LogP contribution is -2.23. The second-order valence-corrected chi connectivity index (χ2v) is 4.33. The van der Waals surface area contributed by atoms with Crippen LogP contribution in [0.25, 0.3) is 0 Å². The van der Waals surface area contributed by atoms with Crippen molar-refractivity contribution in [3.8, 4) is 5.75 Å². The van der Waals surface area contributed by atoms with E-state index in [1.807, 2.05) is 36.4 Å². The zero-order valence-electron chi connectivity index (χ0n) is 10.6. The molecule has 0 radical (unpaired) electrons. The number of methoxy groups -OCH3 is 1. The van der Waals surface area contributed by atoms with Crippen LogP contribution in [-0.2, 0) is 0 Å². The number of rotatable bonds is 4. The van der Waals surface area contributed by atoms with Crippen molar-refractivity contribution in [3.63, 3.8) is 0 Å². The summed E-state index contributed by atoms with van der Waals surface area (Å²) in [5.74, 6) is 0.808. The number of thiocarbonyl (C=S) groups is 1. The molecule has 0 bridgehead atoms. The molecule has 0 amide bonds. The average Bonchev–Trinajstić information content (AvgIpc) is 2.93. The van der Waals surface area contributed by atoms with Crippen molar-refractivity contribution in [2.24, 2.45) is 5.10 Å². The van der Waals surface area contributed by atoms with E-state index in [2.05, 4.69) is 21.9 Å². The summed E-state index contributed by atoms with van der Waals surface area (Å²) in [6.07, 6.45) is 8.79. The third-order valence-corrected chi connectivity index (χ3v) is 2.74. The lowest BCUT2D eigenvalue weighted by Gasteiger charge is -2.07. The summed E-state index contributed by atoms with van der Waals surface area (Å²) in [5, 5.41) is 7.56. The first kappa shape index (κ1) is 13.3. The zero-order valence-corrected chi connectivity index (χ0v) is 11.4. The van der Waals surface area contributed by atoms with E-state index < -0.39 is 0 Å². The Morgan fingerprint density at radius 3 is 2.79 bits per heavy atom. The van der Waals surface area contributed by atoms with E-state index in [4.69, 9.17) is 17.0 Å². The minimum absolute atomic E-state index is 0.452. The molecule has 5 heteroatoms. The van der Waals surface area contributed by atoms with E-state index in [0.717, 1.165) is 23.4 Å². The highest BCUT2D eigenvalue weighted by molar-refractivity contribution is 7.80. The Morgan fingerprint density at radius 2 is 2.16 bits per heavy atom. The molecule has 98 valence electrons. The first-order valence-electron chi connectivity index (χ1n) is 5.88. The monoisotopic (exact) mass is 273 g/mol. The molecule has 0 heterocycles. The molecule has 2 N–H and O–H groups in total. The molecule has 19 heavy (non-hydrogen) atoms. The first-order chi connectivity index (χ1) is 9.28. The molecule has 0 spiro atoms. The fraction of sp³-hybridized carbons (Fsp3) is 0.143. The maximum atomic E-state index is 5.14. The van der Waals surface area contributed by atoms with Gasteiger partial charge in [-0.3, -0.25) is 5.43 Å². The zero-order chi connectivity index (χ0) is 13.5. The molecule has 0 aromatic heterocycles.